The van der Waals surface area contributed by atoms with E-state index in [1.807, 2.05) is 0 Å². The fraction of sp³-hybridized carbons (Fsp3) is 0. The Hall–Kier alpha value is -1.90. The molecule has 2 rings (SSSR count). The highest BCUT2D eigenvalue weighted by molar-refractivity contribution is 5.85. The minimum Gasteiger partial charge on any atom is -0.359 e. The van der Waals surface area contributed by atoms with E-state index in [9.17, 15) is 9.18 Å². The Balaban J connectivity index is 2.60. The molecule has 2 aromatic rings. The van der Waals surface area contributed by atoms with Gasteiger partial charge in [0.05, 0.1) is 5.69 Å². The zero-order valence-electron chi connectivity index (χ0n) is 7.33. The zero-order valence-corrected chi connectivity index (χ0v) is 7.33. The molecule has 0 aliphatic rings. The number of halogens is 1. The second-order valence-electron chi connectivity index (χ2n) is 2.90. The summed E-state index contributed by atoms with van der Waals surface area (Å²) in [6.45, 7) is 0. The molecule has 0 radical (unpaired) electrons. The van der Waals surface area contributed by atoms with Crippen molar-refractivity contribution >= 4 is 6.29 Å². The predicted octanol–water partition coefficient (Wildman–Crippen LogP) is 2.63. The number of H-pyrrole nitrogens is 1. The normalized spacial score (nSPS) is 10.1. The van der Waals surface area contributed by atoms with Gasteiger partial charge in [0, 0.05) is 17.3 Å². The molecule has 14 heavy (non-hydrogen) atoms. The molecule has 3 heteroatoms. The first-order valence-electron chi connectivity index (χ1n) is 4.20. The lowest BCUT2D eigenvalue weighted by atomic mass is 10.1. The number of benzene rings is 1. The fourth-order valence-electron chi connectivity index (χ4n) is 1.39. The SMILES string of the molecule is O=Cc1[nH]ccc1-c1ccccc1F. The summed E-state index contributed by atoms with van der Waals surface area (Å²) in [6.07, 6.45) is 2.30. The van der Waals surface area contributed by atoms with Gasteiger partial charge in [-0.25, -0.2) is 4.39 Å². The van der Waals surface area contributed by atoms with E-state index in [0.717, 1.165) is 0 Å². The molecule has 0 fully saturated rings. The smallest absolute Gasteiger partial charge is 0.166 e. The van der Waals surface area contributed by atoms with Gasteiger partial charge in [-0.3, -0.25) is 4.79 Å². The highest BCUT2D eigenvalue weighted by Gasteiger charge is 2.08. The summed E-state index contributed by atoms with van der Waals surface area (Å²) < 4.78 is 13.3. The van der Waals surface area contributed by atoms with Gasteiger partial charge in [0.2, 0.25) is 0 Å². The van der Waals surface area contributed by atoms with Gasteiger partial charge in [-0.1, -0.05) is 18.2 Å². The summed E-state index contributed by atoms with van der Waals surface area (Å²) in [5.41, 5.74) is 1.43. The largest absolute Gasteiger partial charge is 0.359 e. The maximum Gasteiger partial charge on any atom is 0.166 e. The molecular formula is C11H8FNO. The molecule has 0 aliphatic carbocycles. The number of rotatable bonds is 2. The van der Waals surface area contributed by atoms with Crippen LogP contribution in [-0.2, 0) is 0 Å². The number of carbonyl (C=O) groups excluding carboxylic acids is 1. The summed E-state index contributed by atoms with van der Waals surface area (Å²) in [7, 11) is 0. The third-order valence-corrected chi connectivity index (χ3v) is 2.06. The molecule has 1 aromatic carbocycles. The van der Waals surface area contributed by atoms with Crippen molar-refractivity contribution in [3.05, 3.63) is 48.0 Å². The number of aromatic amines is 1. The molecular weight excluding hydrogens is 181 g/mol. The van der Waals surface area contributed by atoms with E-state index in [2.05, 4.69) is 4.98 Å². The van der Waals surface area contributed by atoms with Gasteiger partial charge in [0.25, 0.3) is 0 Å². The van der Waals surface area contributed by atoms with E-state index in [-0.39, 0.29) is 5.82 Å². The number of aromatic nitrogens is 1. The van der Waals surface area contributed by atoms with Gasteiger partial charge in [-0.05, 0) is 12.1 Å². The van der Waals surface area contributed by atoms with Crippen LogP contribution in [0.2, 0.25) is 0 Å². The van der Waals surface area contributed by atoms with Gasteiger partial charge < -0.3 is 4.98 Å². The first-order valence-corrected chi connectivity index (χ1v) is 4.20. The van der Waals surface area contributed by atoms with Gasteiger partial charge in [0.1, 0.15) is 5.82 Å². The molecule has 1 N–H and O–H groups in total. The number of hydrogen-bond acceptors (Lipinski definition) is 1. The molecule has 1 aromatic heterocycles. The van der Waals surface area contributed by atoms with Crippen molar-refractivity contribution in [1.29, 1.82) is 0 Å². The predicted molar refractivity (Wildman–Crippen MR) is 51.6 cm³/mol. The zero-order chi connectivity index (χ0) is 9.97. The van der Waals surface area contributed by atoms with E-state index in [4.69, 9.17) is 0 Å². The van der Waals surface area contributed by atoms with Crippen molar-refractivity contribution < 1.29 is 9.18 Å². The Morgan fingerprint density at radius 2 is 1.93 bits per heavy atom. The van der Waals surface area contributed by atoms with Crippen LogP contribution in [0.15, 0.2) is 36.5 Å². The van der Waals surface area contributed by atoms with Crippen molar-refractivity contribution in [3.63, 3.8) is 0 Å². The van der Waals surface area contributed by atoms with Crippen molar-refractivity contribution in [2.45, 2.75) is 0 Å². The Morgan fingerprint density at radius 1 is 1.14 bits per heavy atom. The minimum atomic E-state index is -0.324. The summed E-state index contributed by atoms with van der Waals surface area (Å²) in [5.74, 6) is -0.324. The lowest BCUT2D eigenvalue weighted by molar-refractivity contribution is 0.112. The van der Waals surface area contributed by atoms with Crippen LogP contribution >= 0.6 is 0 Å². The van der Waals surface area contributed by atoms with Crippen molar-refractivity contribution in [2.75, 3.05) is 0 Å². The molecule has 0 saturated carbocycles. The van der Waals surface area contributed by atoms with Crippen molar-refractivity contribution in [1.82, 2.24) is 4.98 Å². The van der Waals surface area contributed by atoms with Crippen LogP contribution in [0.3, 0.4) is 0 Å². The standard InChI is InChI=1S/C11H8FNO/c12-10-4-2-1-3-8(10)9-5-6-13-11(9)7-14/h1-7,13H. The first-order chi connectivity index (χ1) is 6.83. The third kappa shape index (κ3) is 1.33. The van der Waals surface area contributed by atoms with Crippen LogP contribution in [-0.4, -0.2) is 11.3 Å². The Kier molecular flexibility index (Phi) is 2.14. The summed E-state index contributed by atoms with van der Waals surface area (Å²) >= 11 is 0. The average molecular weight is 189 g/mol. The molecule has 0 spiro atoms. The van der Waals surface area contributed by atoms with Crippen LogP contribution in [0.1, 0.15) is 10.5 Å². The van der Waals surface area contributed by atoms with E-state index in [1.54, 1.807) is 30.5 Å². The quantitative estimate of drug-likeness (QED) is 0.724. The van der Waals surface area contributed by atoms with Crippen LogP contribution < -0.4 is 0 Å². The molecule has 1 heterocycles. The maximum atomic E-state index is 13.3. The van der Waals surface area contributed by atoms with Crippen LogP contribution in [0.5, 0.6) is 0 Å². The number of aldehydes is 1. The van der Waals surface area contributed by atoms with Crippen LogP contribution in [0.25, 0.3) is 11.1 Å². The molecule has 0 aliphatic heterocycles. The lowest BCUT2D eigenvalue weighted by Gasteiger charge is -2.00. The topological polar surface area (TPSA) is 32.9 Å². The Bertz CT molecular complexity index is 462. The molecule has 70 valence electrons. The molecule has 0 unspecified atom stereocenters. The molecule has 0 amide bonds. The number of carbonyl (C=O) groups is 1. The van der Waals surface area contributed by atoms with E-state index < -0.39 is 0 Å². The number of nitrogens with one attached hydrogen (secondary N) is 1. The van der Waals surface area contributed by atoms with Gasteiger partial charge in [-0.15, -0.1) is 0 Å². The summed E-state index contributed by atoms with van der Waals surface area (Å²) in [6, 6.07) is 8.05. The van der Waals surface area contributed by atoms with E-state index in [0.29, 0.717) is 23.1 Å². The van der Waals surface area contributed by atoms with E-state index in [1.165, 1.54) is 6.07 Å². The second-order valence-corrected chi connectivity index (χ2v) is 2.90. The van der Waals surface area contributed by atoms with Gasteiger partial charge in [-0.2, -0.15) is 0 Å². The number of hydrogen-bond donors (Lipinski definition) is 1. The maximum absolute atomic E-state index is 13.3. The minimum absolute atomic E-state index is 0.324. The average Bonchev–Trinajstić information content (AvgIpc) is 2.66. The van der Waals surface area contributed by atoms with Gasteiger partial charge in [0.15, 0.2) is 6.29 Å². The van der Waals surface area contributed by atoms with Crippen molar-refractivity contribution in [2.24, 2.45) is 0 Å². The summed E-state index contributed by atoms with van der Waals surface area (Å²) in [4.78, 5) is 13.4. The van der Waals surface area contributed by atoms with E-state index >= 15 is 0 Å². The highest BCUT2D eigenvalue weighted by Crippen LogP contribution is 2.24. The third-order valence-electron chi connectivity index (χ3n) is 2.06. The Labute approximate surface area is 80.4 Å². The van der Waals surface area contributed by atoms with Crippen molar-refractivity contribution in [3.8, 4) is 11.1 Å². The monoisotopic (exact) mass is 189 g/mol. The molecule has 0 atom stereocenters. The molecule has 0 saturated heterocycles. The van der Waals surface area contributed by atoms with Crippen LogP contribution in [0.4, 0.5) is 4.39 Å². The summed E-state index contributed by atoms with van der Waals surface area (Å²) in [5, 5.41) is 0. The first kappa shape index (κ1) is 8.69. The fourth-order valence-corrected chi connectivity index (χ4v) is 1.39. The molecule has 0 bridgehead atoms. The van der Waals surface area contributed by atoms with Gasteiger partial charge >= 0.3 is 0 Å². The lowest BCUT2D eigenvalue weighted by Crippen LogP contribution is -1.87. The van der Waals surface area contributed by atoms with Crippen LogP contribution in [0, 0.1) is 5.82 Å². The Morgan fingerprint density at radius 3 is 2.64 bits per heavy atom. The second kappa shape index (κ2) is 3.46. The highest BCUT2D eigenvalue weighted by atomic mass is 19.1. The molecule has 2 nitrogen and oxygen atoms in total.